The van der Waals surface area contributed by atoms with E-state index in [9.17, 15) is 4.79 Å². The van der Waals surface area contributed by atoms with E-state index in [2.05, 4.69) is 22.9 Å². The number of thiophene rings is 1. The maximum Gasteiger partial charge on any atom is 0.264 e. The van der Waals surface area contributed by atoms with Gasteiger partial charge in [-0.2, -0.15) is 0 Å². The minimum Gasteiger partial charge on any atom is -0.495 e. The van der Waals surface area contributed by atoms with E-state index in [0.29, 0.717) is 23.1 Å². The van der Waals surface area contributed by atoms with Crippen LogP contribution >= 0.6 is 27.3 Å². The average molecular weight is 347 g/mol. The van der Waals surface area contributed by atoms with Gasteiger partial charge in [0.05, 0.1) is 12.0 Å². The fourth-order valence-corrected chi connectivity index (χ4v) is 4.09. The zero-order valence-corrected chi connectivity index (χ0v) is 13.6. The van der Waals surface area contributed by atoms with Crippen molar-refractivity contribution in [2.24, 2.45) is 11.7 Å². The monoisotopic (exact) mass is 346 g/mol. The van der Waals surface area contributed by atoms with Crippen molar-refractivity contribution in [3.8, 4) is 5.75 Å². The molecule has 0 spiro atoms. The van der Waals surface area contributed by atoms with Gasteiger partial charge in [0.25, 0.3) is 5.91 Å². The predicted octanol–water partition coefficient (Wildman–Crippen LogP) is 2.72. The van der Waals surface area contributed by atoms with Gasteiger partial charge >= 0.3 is 0 Å². The highest BCUT2D eigenvalue weighted by atomic mass is 79.9. The van der Waals surface area contributed by atoms with Gasteiger partial charge in [-0.1, -0.05) is 6.92 Å². The number of hydrogen-bond donors (Lipinski definition) is 1. The average Bonchev–Trinajstić information content (AvgIpc) is 2.79. The lowest BCUT2D eigenvalue weighted by Gasteiger charge is -2.37. The van der Waals surface area contributed by atoms with Crippen LogP contribution in [0.3, 0.4) is 0 Å². The number of hydrogen-bond acceptors (Lipinski definition) is 4. The molecule has 0 bridgehead atoms. The quantitative estimate of drug-likeness (QED) is 0.915. The number of halogens is 1. The summed E-state index contributed by atoms with van der Waals surface area (Å²) >= 11 is 4.82. The highest BCUT2D eigenvalue weighted by Crippen LogP contribution is 2.35. The highest BCUT2D eigenvalue weighted by Gasteiger charge is 2.30. The maximum atomic E-state index is 12.6. The van der Waals surface area contributed by atoms with E-state index in [1.54, 1.807) is 13.2 Å². The minimum atomic E-state index is 0.0661. The number of ether oxygens (including phenoxy) is 1. The number of piperidine rings is 1. The van der Waals surface area contributed by atoms with Gasteiger partial charge in [-0.15, -0.1) is 11.3 Å². The molecule has 1 aromatic heterocycles. The van der Waals surface area contributed by atoms with Crippen molar-refractivity contribution >= 4 is 33.2 Å². The van der Waals surface area contributed by atoms with Crippen LogP contribution in [0, 0.1) is 5.92 Å². The molecule has 1 aliphatic rings. The summed E-state index contributed by atoms with van der Waals surface area (Å²) in [5.74, 6) is 1.42. The summed E-state index contributed by atoms with van der Waals surface area (Å²) in [5.41, 5.74) is 5.81. The Labute approximate surface area is 126 Å². The molecule has 19 heavy (non-hydrogen) atoms. The van der Waals surface area contributed by atoms with Gasteiger partial charge in [0.2, 0.25) is 0 Å². The van der Waals surface area contributed by atoms with Gasteiger partial charge in [0.1, 0.15) is 9.54 Å². The molecule has 0 radical (unpaired) electrons. The summed E-state index contributed by atoms with van der Waals surface area (Å²) in [5, 5.41) is 0. The van der Waals surface area contributed by atoms with E-state index in [1.807, 2.05) is 4.90 Å². The second kappa shape index (κ2) is 6.24. The van der Waals surface area contributed by atoms with Crippen molar-refractivity contribution in [2.45, 2.75) is 25.8 Å². The topological polar surface area (TPSA) is 55.6 Å². The fourth-order valence-electron chi connectivity index (χ4n) is 2.48. The van der Waals surface area contributed by atoms with Gasteiger partial charge in [0, 0.05) is 25.2 Å². The van der Waals surface area contributed by atoms with Crippen molar-refractivity contribution in [2.75, 3.05) is 20.2 Å². The Balaban J connectivity index is 2.17. The number of amides is 1. The minimum absolute atomic E-state index is 0.0661. The van der Waals surface area contributed by atoms with Crippen LogP contribution in [0.1, 0.15) is 29.4 Å². The first-order valence-electron chi connectivity index (χ1n) is 6.41. The molecular weight excluding hydrogens is 328 g/mol. The largest absolute Gasteiger partial charge is 0.495 e. The van der Waals surface area contributed by atoms with Crippen LogP contribution in [-0.4, -0.2) is 37.0 Å². The molecule has 4 nitrogen and oxygen atoms in total. The lowest BCUT2D eigenvalue weighted by atomic mass is 9.92. The SMILES string of the molecule is COc1cc(C(=O)N2CCC(C)CC2CN)sc1Br. The van der Waals surface area contributed by atoms with E-state index in [1.165, 1.54) is 11.3 Å². The van der Waals surface area contributed by atoms with Crippen LogP contribution < -0.4 is 10.5 Å². The standard InChI is InChI=1S/C13H19BrN2O2S/c1-8-3-4-16(9(5-8)7-15)13(17)11-6-10(18-2)12(14)19-11/h6,8-9H,3-5,7,15H2,1-2H3. The Morgan fingerprint density at radius 2 is 2.42 bits per heavy atom. The van der Waals surface area contributed by atoms with E-state index in [4.69, 9.17) is 10.5 Å². The summed E-state index contributed by atoms with van der Waals surface area (Å²) in [7, 11) is 1.60. The first-order chi connectivity index (χ1) is 9.06. The van der Waals surface area contributed by atoms with Crippen LogP contribution in [0.5, 0.6) is 5.75 Å². The molecule has 2 heterocycles. The molecule has 0 saturated carbocycles. The number of nitrogens with zero attached hydrogens (tertiary/aromatic N) is 1. The van der Waals surface area contributed by atoms with Crippen LogP contribution in [0.15, 0.2) is 9.85 Å². The van der Waals surface area contributed by atoms with Crippen LogP contribution in [-0.2, 0) is 0 Å². The van der Waals surface area contributed by atoms with Crippen LogP contribution in [0.2, 0.25) is 0 Å². The molecule has 1 fully saturated rings. The van der Waals surface area contributed by atoms with E-state index < -0.39 is 0 Å². The van der Waals surface area contributed by atoms with Gasteiger partial charge in [-0.25, -0.2) is 0 Å². The lowest BCUT2D eigenvalue weighted by molar-refractivity contribution is 0.0578. The van der Waals surface area contributed by atoms with Gasteiger partial charge in [-0.05, 0) is 34.7 Å². The summed E-state index contributed by atoms with van der Waals surface area (Å²) < 4.78 is 6.06. The zero-order chi connectivity index (χ0) is 14.0. The molecule has 2 atom stereocenters. The van der Waals surface area contributed by atoms with Gasteiger partial charge in [0.15, 0.2) is 0 Å². The molecule has 2 rings (SSSR count). The van der Waals surface area contributed by atoms with E-state index in [0.717, 1.165) is 23.2 Å². The predicted molar refractivity (Wildman–Crippen MR) is 80.8 cm³/mol. The molecule has 0 aliphatic carbocycles. The van der Waals surface area contributed by atoms with Crippen LogP contribution in [0.4, 0.5) is 0 Å². The highest BCUT2D eigenvalue weighted by molar-refractivity contribution is 9.11. The van der Waals surface area contributed by atoms with Gasteiger partial charge in [-0.3, -0.25) is 4.79 Å². The molecule has 1 saturated heterocycles. The van der Waals surface area contributed by atoms with Crippen molar-refractivity contribution in [3.63, 3.8) is 0 Å². The molecule has 2 N–H and O–H groups in total. The lowest BCUT2D eigenvalue weighted by Crippen LogP contribution is -2.49. The Morgan fingerprint density at radius 3 is 3.00 bits per heavy atom. The third kappa shape index (κ3) is 3.12. The Hall–Kier alpha value is -0.590. The Bertz CT molecular complexity index is 463. The summed E-state index contributed by atoms with van der Waals surface area (Å²) in [6.45, 7) is 3.54. The Morgan fingerprint density at radius 1 is 1.68 bits per heavy atom. The second-order valence-corrected chi connectivity index (χ2v) is 7.34. The zero-order valence-electron chi connectivity index (χ0n) is 11.2. The van der Waals surface area contributed by atoms with Crippen molar-refractivity contribution < 1.29 is 9.53 Å². The number of rotatable bonds is 3. The summed E-state index contributed by atoms with van der Waals surface area (Å²) in [6, 6.07) is 1.95. The third-order valence-corrected chi connectivity index (χ3v) is 5.37. The molecule has 1 aliphatic heterocycles. The van der Waals surface area contributed by atoms with Crippen molar-refractivity contribution in [3.05, 3.63) is 14.7 Å². The molecule has 1 aromatic rings. The third-order valence-electron chi connectivity index (χ3n) is 3.60. The van der Waals surface area contributed by atoms with Crippen LogP contribution in [0.25, 0.3) is 0 Å². The van der Waals surface area contributed by atoms with E-state index in [-0.39, 0.29) is 11.9 Å². The normalized spacial score (nSPS) is 23.5. The molecule has 1 amide bonds. The first kappa shape index (κ1) is 14.8. The second-order valence-electron chi connectivity index (χ2n) is 4.97. The summed E-state index contributed by atoms with van der Waals surface area (Å²) in [4.78, 5) is 15.2. The van der Waals surface area contributed by atoms with Gasteiger partial charge < -0.3 is 15.4 Å². The number of likely N-dealkylation sites (tertiary alicyclic amines) is 1. The maximum absolute atomic E-state index is 12.6. The molecule has 0 aromatic carbocycles. The molecule has 106 valence electrons. The number of carbonyl (C=O) groups excluding carboxylic acids is 1. The molecule has 2 unspecified atom stereocenters. The van der Waals surface area contributed by atoms with E-state index >= 15 is 0 Å². The molecular formula is C13H19BrN2O2S. The first-order valence-corrected chi connectivity index (χ1v) is 8.02. The number of carbonyl (C=O) groups is 1. The van der Waals surface area contributed by atoms with Crippen molar-refractivity contribution in [1.29, 1.82) is 0 Å². The fraction of sp³-hybridized carbons (Fsp3) is 0.615. The smallest absolute Gasteiger partial charge is 0.264 e. The van der Waals surface area contributed by atoms with Crippen molar-refractivity contribution in [1.82, 2.24) is 4.90 Å². The summed E-state index contributed by atoms with van der Waals surface area (Å²) in [6.07, 6.45) is 2.04. The number of nitrogens with two attached hydrogens (primary N) is 1. The number of methoxy groups -OCH3 is 1. The molecule has 6 heteroatoms. The Kier molecular flexibility index (Phi) is 4.86.